The average molecular weight is 442 g/mol. The van der Waals surface area contributed by atoms with Crippen molar-refractivity contribution >= 4 is 45.7 Å². The fourth-order valence-electron chi connectivity index (χ4n) is 3.86. The molecule has 3 aromatic heterocycles. The van der Waals surface area contributed by atoms with Gasteiger partial charge in [0, 0.05) is 36.8 Å². The summed E-state index contributed by atoms with van der Waals surface area (Å²) in [6.45, 7) is 0. The Hall–Kier alpha value is -3.14. The van der Waals surface area contributed by atoms with Gasteiger partial charge in [0.1, 0.15) is 11.8 Å². The molecule has 1 amide bonds. The lowest BCUT2D eigenvalue weighted by atomic mass is 10.0. The van der Waals surface area contributed by atoms with Crippen LogP contribution in [0, 0.1) is 11.7 Å². The molecule has 2 N–H and O–H groups in total. The number of amides is 1. The van der Waals surface area contributed by atoms with Crippen LogP contribution in [0.25, 0.3) is 27.7 Å². The summed E-state index contributed by atoms with van der Waals surface area (Å²) in [6.07, 6.45) is 6.24. The van der Waals surface area contributed by atoms with Crippen LogP contribution in [0.5, 0.6) is 0 Å². The van der Waals surface area contributed by atoms with Crippen LogP contribution < -0.4 is 10.2 Å². The summed E-state index contributed by atoms with van der Waals surface area (Å²) >= 11 is 1.34. The standard InChI is InChI=1S/C21H20F2N6OS/c1-28(2)19-17(23)20(31-3)16(12-7-24-27-18(12)19)10-4-5-15-25-14(9-29(15)8-10)26-21(30)11-6-13(11)22/h4-5,7-9,11,13H,6H2,1-3H3,(H,24,27)(H,26,30). The third kappa shape index (κ3) is 3.21. The second kappa shape index (κ2) is 7.23. The molecule has 1 aromatic carbocycles. The van der Waals surface area contributed by atoms with Crippen molar-refractivity contribution in [1.82, 2.24) is 19.6 Å². The van der Waals surface area contributed by atoms with E-state index < -0.39 is 12.1 Å². The van der Waals surface area contributed by atoms with E-state index in [2.05, 4.69) is 20.5 Å². The minimum atomic E-state index is -1.06. The Labute approximate surface area is 180 Å². The zero-order chi connectivity index (χ0) is 21.9. The molecule has 5 rings (SSSR count). The fraction of sp³-hybridized carbons (Fsp3) is 0.286. The van der Waals surface area contributed by atoms with Gasteiger partial charge in [-0.05, 0) is 24.8 Å². The minimum absolute atomic E-state index is 0.260. The van der Waals surface area contributed by atoms with Crippen molar-refractivity contribution < 1.29 is 13.6 Å². The highest BCUT2D eigenvalue weighted by molar-refractivity contribution is 7.98. The van der Waals surface area contributed by atoms with Gasteiger partial charge in [0.2, 0.25) is 5.91 Å². The van der Waals surface area contributed by atoms with E-state index in [1.807, 2.05) is 18.5 Å². The van der Waals surface area contributed by atoms with Crippen molar-refractivity contribution in [3.8, 4) is 11.1 Å². The van der Waals surface area contributed by atoms with Crippen LogP contribution >= 0.6 is 11.8 Å². The quantitative estimate of drug-likeness (QED) is 0.455. The summed E-state index contributed by atoms with van der Waals surface area (Å²) in [7, 11) is 3.59. The van der Waals surface area contributed by atoms with Crippen LogP contribution in [-0.2, 0) is 4.79 Å². The number of carbonyl (C=O) groups is 1. The summed E-state index contributed by atoms with van der Waals surface area (Å²) in [5.74, 6) is -0.901. The Morgan fingerprint density at radius 1 is 1.35 bits per heavy atom. The third-order valence-corrected chi connectivity index (χ3v) is 6.26. The number of alkyl halides is 1. The first-order valence-corrected chi connectivity index (χ1v) is 11.0. The Morgan fingerprint density at radius 3 is 2.81 bits per heavy atom. The number of aromatic amines is 1. The van der Waals surface area contributed by atoms with E-state index in [9.17, 15) is 9.18 Å². The summed E-state index contributed by atoms with van der Waals surface area (Å²) in [5, 5.41) is 10.5. The number of halogens is 2. The first-order chi connectivity index (χ1) is 14.9. The summed E-state index contributed by atoms with van der Waals surface area (Å²) in [4.78, 5) is 18.6. The predicted molar refractivity (Wildman–Crippen MR) is 118 cm³/mol. The molecule has 1 aliphatic carbocycles. The number of pyridine rings is 1. The van der Waals surface area contributed by atoms with Gasteiger partial charge in [-0.15, -0.1) is 11.8 Å². The van der Waals surface area contributed by atoms with Crippen molar-refractivity contribution in [2.24, 2.45) is 5.92 Å². The summed E-state index contributed by atoms with van der Waals surface area (Å²) < 4.78 is 30.3. The molecular weight excluding hydrogens is 422 g/mol. The minimum Gasteiger partial charge on any atom is -0.374 e. The van der Waals surface area contributed by atoms with Gasteiger partial charge >= 0.3 is 0 Å². The molecule has 31 heavy (non-hydrogen) atoms. The van der Waals surface area contributed by atoms with Crippen LogP contribution in [0.4, 0.5) is 20.3 Å². The maximum atomic E-state index is 15.4. The second-order valence-electron chi connectivity index (χ2n) is 7.78. The number of anilines is 2. The monoisotopic (exact) mass is 442 g/mol. The number of nitrogens with one attached hydrogen (secondary N) is 2. The molecule has 0 spiro atoms. The first-order valence-electron chi connectivity index (χ1n) is 9.73. The number of H-pyrrole nitrogens is 1. The number of hydrogen-bond acceptors (Lipinski definition) is 5. The lowest BCUT2D eigenvalue weighted by Crippen LogP contribution is -2.15. The fourth-order valence-corrected chi connectivity index (χ4v) is 4.57. The van der Waals surface area contributed by atoms with Crippen LogP contribution in [0.2, 0.25) is 0 Å². The average Bonchev–Trinajstić information content (AvgIpc) is 3.11. The van der Waals surface area contributed by atoms with Gasteiger partial charge in [0.25, 0.3) is 0 Å². The number of nitrogens with zero attached hydrogens (tertiary/aromatic N) is 4. The highest BCUT2D eigenvalue weighted by atomic mass is 32.2. The number of benzene rings is 1. The van der Waals surface area contributed by atoms with Crippen LogP contribution in [0.1, 0.15) is 6.42 Å². The zero-order valence-corrected chi connectivity index (χ0v) is 17.9. The van der Waals surface area contributed by atoms with E-state index in [-0.39, 0.29) is 18.1 Å². The van der Waals surface area contributed by atoms with E-state index in [0.29, 0.717) is 27.6 Å². The molecule has 1 aliphatic rings. The Balaban J connectivity index is 1.61. The first kappa shape index (κ1) is 19.8. The lowest BCUT2D eigenvalue weighted by molar-refractivity contribution is -0.117. The smallest absolute Gasteiger partial charge is 0.231 e. The van der Waals surface area contributed by atoms with E-state index in [0.717, 1.165) is 16.5 Å². The molecule has 2 unspecified atom stereocenters. The van der Waals surface area contributed by atoms with Crippen LogP contribution in [0.15, 0.2) is 35.6 Å². The van der Waals surface area contributed by atoms with Crippen LogP contribution in [0.3, 0.4) is 0 Å². The zero-order valence-electron chi connectivity index (χ0n) is 17.1. The number of thioether (sulfide) groups is 1. The molecule has 0 aliphatic heterocycles. The van der Waals surface area contributed by atoms with Crippen molar-refractivity contribution in [3.05, 3.63) is 36.5 Å². The summed E-state index contributed by atoms with van der Waals surface area (Å²) in [6, 6.07) is 3.66. The molecule has 1 saturated carbocycles. The largest absolute Gasteiger partial charge is 0.374 e. The molecule has 3 heterocycles. The predicted octanol–water partition coefficient (Wildman–Crippen LogP) is 4.10. The topological polar surface area (TPSA) is 78.3 Å². The number of imidazole rings is 1. The maximum Gasteiger partial charge on any atom is 0.231 e. The highest BCUT2D eigenvalue weighted by Gasteiger charge is 2.43. The van der Waals surface area contributed by atoms with Crippen LogP contribution in [-0.4, -0.2) is 52.0 Å². The van der Waals surface area contributed by atoms with Gasteiger partial charge in [-0.3, -0.25) is 9.89 Å². The third-order valence-electron chi connectivity index (χ3n) is 5.47. The van der Waals surface area contributed by atoms with Gasteiger partial charge in [-0.25, -0.2) is 13.8 Å². The molecule has 0 radical (unpaired) electrons. The molecule has 0 bridgehead atoms. The Kier molecular flexibility index (Phi) is 4.62. The number of rotatable bonds is 5. The van der Waals surface area contributed by atoms with Gasteiger partial charge in [-0.1, -0.05) is 0 Å². The van der Waals surface area contributed by atoms with E-state index in [4.69, 9.17) is 0 Å². The van der Waals surface area contributed by atoms with Crippen molar-refractivity contribution in [1.29, 1.82) is 0 Å². The molecule has 10 heteroatoms. The lowest BCUT2D eigenvalue weighted by Gasteiger charge is -2.19. The van der Waals surface area contributed by atoms with Gasteiger partial charge in [0.15, 0.2) is 11.6 Å². The SMILES string of the molecule is CSc1c(F)c(N(C)C)c2[nH]ncc2c1-c1ccc2nc(NC(=O)C3CC3F)cn2c1. The molecule has 0 saturated heterocycles. The molecule has 1 fully saturated rings. The second-order valence-corrected chi connectivity index (χ2v) is 8.60. The molecule has 160 valence electrons. The van der Waals surface area contributed by atoms with Gasteiger partial charge in [0.05, 0.1) is 34.4 Å². The maximum absolute atomic E-state index is 15.4. The van der Waals surface area contributed by atoms with Gasteiger partial charge in [-0.2, -0.15) is 5.10 Å². The van der Waals surface area contributed by atoms with Gasteiger partial charge < -0.3 is 14.6 Å². The van der Waals surface area contributed by atoms with E-state index in [1.54, 1.807) is 41.9 Å². The molecular formula is C21H20F2N6OS. The summed E-state index contributed by atoms with van der Waals surface area (Å²) in [5.41, 5.74) is 3.22. The molecule has 4 aromatic rings. The molecule has 2 atom stereocenters. The van der Waals surface area contributed by atoms with E-state index in [1.165, 1.54) is 11.8 Å². The molecule has 7 nitrogen and oxygen atoms in total. The number of aromatic nitrogens is 4. The normalized spacial score (nSPS) is 18.0. The number of hydrogen-bond donors (Lipinski definition) is 2. The van der Waals surface area contributed by atoms with E-state index >= 15 is 4.39 Å². The number of fused-ring (bicyclic) bond motifs is 2. The van der Waals surface area contributed by atoms with Crippen molar-refractivity contribution in [2.75, 3.05) is 30.6 Å². The number of carbonyl (C=O) groups excluding carboxylic acids is 1. The van der Waals surface area contributed by atoms with Crippen molar-refractivity contribution in [3.63, 3.8) is 0 Å². The Bertz CT molecular complexity index is 1330. The van der Waals surface area contributed by atoms with Crippen molar-refractivity contribution in [2.45, 2.75) is 17.5 Å². The highest BCUT2D eigenvalue weighted by Crippen LogP contribution is 2.43. The Morgan fingerprint density at radius 2 is 2.13 bits per heavy atom.